The number of nitrogens with zero attached hydrogens (tertiary/aromatic N) is 3. The van der Waals surface area contributed by atoms with E-state index in [1.54, 1.807) is 12.1 Å². The molecule has 216 valence electrons. The van der Waals surface area contributed by atoms with Gasteiger partial charge in [0.2, 0.25) is 0 Å². The molecule has 2 aromatic rings. The van der Waals surface area contributed by atoms with Crippen LogP contribution in [-0.2, 0) is 16.1 Å². The molecule has 2 amide bonds. The van der Waals surface area contributed by atoms with Crippen molar-refractivity contribution in [3.05, 3.63) is 83.0 Å². The van der Waals surface area contributed by atoms with Gasteiger partial charge in [-0.2, -0.15) is 4.99 Å². The molecule has 0 aromatic heterocycles. The first-order chi connectivity index (χ1) is 19.8. The third-order valence-electron chi connectivity index (χ3n) is 7.65. The Morgan fingerprint density at radius 3 is 2.83 bits per heavy atom. The highest BCUT2D eigenvalue weighted by molar-refractivity contribution is 5.94. The molecular weight excluding hydrogens is 528 g/mol. The predicted molar refractivity (Wildman–Crippen MR) is 158 cm³/mol. The number of hydrogen-bond donors (Lipinski definition) is 2. The number of ether oxygens (including phenoxy) is 2. The number of nitrogens with two attached hydrogens (primary N) is 1. The van der Waals surface area contributed by atoms with Gasteiger partial charge in [-0.25, -0.2) is 13.6 Å². The second kappa shape index (κ2) is 12.8. The number of morpholine rings is 1. The first-order valence-corrected chi connectivity index (χ1v) is 13.7. The smallest absolute Gasteiger partial charge is 0.339 e. The maximum atomic E-state index is 14.9. The van der Waals surface area contributed by atoms with Gasteiger partial charge in [0.1, 0.15) is 18.0 Å². The summed E-state index contributed by atoms with van der Waals surface area (Å²) in [6, 6.07) is 10.1. The Bertz CT molecular complexity index is 1400. The van der Waals surface area contributed by atoms with Crippen LogP contribution in [-0.4, -0.2) is 69.3 Å². The van der Waals surface area contributed by atoms with Crippen molar-refractivity contribution < 1.29 is 23.0 Å². The quantitative estimate of drug-likeness (QED) is 0.365. The predicted octanol–water partition coefficient (Wildman–Crippen LogP) is 4.98. The monoisotopic (exact) mass is 563 g/mol. The molecule has 2 aliphatic heterocycles. The van der Waals surface area contributed by atoms with E-state index < -0.39 is 12.1 Å². The molecule has 0 spiro atoms. The van der Waals surface area contributed by atoms with Crippen molar-refractivity contribution in [2.24, 2.45) is 16.6 Å². The molecule has 3 aliphatic rings. The standard InChI is InChI=1S/C31H35F2N5O3/c1-20(17-37-10-12-40-13-11-37)38(19-36-31(34)39)29-9-6-21(15-28(29)35-2)14-25-23-4-3-5-27(33)26(23)18-41-30-16-22(32)7-8-24(25)30/h3-9,14-16,19-20,24,30,35H,10-13,17-18H2,1-2H3,(H2,34,39)/b25-14+,36-19+/t20-,24?,30?/m1/s1. The number of allylic oxidation sites excluding steroid dienone is 2. The van der Waals surface area contributed by atoms with E-state index in [9.17, 15) is 13.6 Å². The molecule has 2 heterocycles. The number of amides is 2. The van der Waals surface area contributed by atoms with Crippen LogP contribution >= 0.6 is 0 Å². The van der Waals surface area contributed by atoms with Crippen molar-refractivity contribution in [3.63, 3.8) is 0 Å². The van der Waals surface area contributed by atoms with E-state index in [1.807, 2.05) is 42.3 Å². The van der Waals surface area contributed by atoms with Gasteiger partial charge >= 0.3 is 6.03 Å². The first-order valence-electron chi connectivity index (χ1n) is 13.7. The molecule has 10 heteroatoms. The number of halogens is 2. The van der Waals surface area contributed by atoms with Gasteiger partial charge in [0.05, 0.1) is 37.3 Å². The molecule has 2 aromatic carbocycles. The van der Waals surface area contributed by atoms with Gasteiger partial charge in [-0.1, -0.05) is 30.4 Å². The Kier molecular flexibility index (Phi) is 8.92. The van der Waals surface area contributed by atoms with Gasteiger partial charge in [0.25, 0.3) is 0 Å². The maximum absolute atomic E-state index is 14.9. The van der Waals surface area contributed by atoms with Gasteiger partial charge < -0.3 is 25.4 Å². The van der Waals surface area contributed by atoms with Crippen molar-refractivity contribution in [1.29, 1.82) is 0 Å². The van der Waals surface area contributed by atoms with Crippen molar-refractivity contribution in [2.45, 2.75) is 25.7 Å². The van der Waals surface area contributed by atoms with Crippen molar-refractivity contribution in [2.75, 3.05) is 50.1 Å². The highest BCUT2D eigenvalue weighted by atomic mass is 19.1. The average Bonchev–Trinajstić information content (AvgIpc) is 3.11. The molecule has 1 fully saturated rings. The van der Waals surface area contributed by atoms with Crippen molar-refractivity contribution in [1.82, 2.24) is 4.90 Å². The zero-order valence-electron chi connectivity index (χ0n) is 23.2. The lowest BCUT2D eigenvalue weighted by molar-refractivity contribution is 0.0362. The molecule has 2 unspecified atom stereocenters. The summed E-state index contributed by atoms with van der Waals surface area (Å²) in [5.41, 5.74) is 9.85. The van der Waals surface area contributed by atoms with Crippen LogP contribution in [0.4, 0.5) is 25.0 Å². The fourth-order valence-electron chi connectivity index (χ4n) is 5.59. The molecule has 3 atom stereocenters. The Morgan fingerprint density at radius 1 is 1.27 bits per heavy atom. The number of hydrogen-bond acceptors (Lipinski definition) is 5. The second-order valence-electron chi connectivity index (χ2n) is 10.4. The van der Waals surface area contributed by atoms with E-state index >= 15 is 0 Å². The molecule has 0 saturated carbocycles. The highest BCUT2D eigenvalue weighted by Gasteiger charge is 2.32. The van der Waals surface area contributed by atoms with Gasteiger partial charge in [-0.05, 0) is 54.0 Å². The Morgan fingerprint density at radius 2 is 2.07 bits per heavy atom. The Hall–Kier alpha value is -3.86. The van der Waals surface area contributed by atoms with Crippen LogP contribution in [0.15, 0.2) is 65.4 Å². The minimum absolute atomic E-state index is 0.0313. The molecular formula is C31H35F2N5O3. The van der Waals surface area contributed by atoms with Crippen molar-refractivity contribution in [3.8, 4) is 0 Å². The number of carbonyl (C=O) groups excluding carboxylic acids is 1. The van der Waals surface area contributed by atoms with Crippen LogP contribution in [0.3, 0.4) is 0 Å². The molecule has 1 saturated heterocycles. The van der Waals surface area contributed by atoms with E-state index in [1.165, 1.54) is 24.6 Å². The lowest BCUT2D eigenvalue weighted by Gasteiger charge is -2.34. The second-order valence-corrected chi connectivity index (χ2v) is 10.4. The number of urea groups is 1. The molecule has 5 rings (SSSR count). The largest absolute Gasteiger partial charge is 0.386 e. The van der Waals surface area contributed by atoms with E-state index in [4.69, 9.17) is 15.2 Å². The lowest BCUT2D eigenvalue weighted by Crippen LogP contribution is -2.46. The van der Waals surface area contributed by atoms with Crippen molar-refractivity contribution >= 4 is 35.4 Å². The van der Waals surface area contributed by atoms with E-state index in [0.29, 0.717) is 18.8 Å². The Balaban J connectivity index is 1.53. The summed E-state index contributed by atoms with van der Waals surface area (Å²) in [6.07, 6.45) is 7.56. The molecule has 41 heavy (non-hydrogen) atoms. The normalized spacial score (nSPS) is 22.5. The molecule has 1 aliphatic carbocycles. The molecule has 0 radical (unpaired) electrons. The SMILES string of the molecule is CNc1cc(/C=C2\c3cccc(F)c3COC3C=C(F)C=CC23)ccc1N(/C=N/C(N)=O)[C@H](C)CN1CCOCC1. The number of aliphatic imine (C=N–C) groups is 1. The minimum atomic E-state index is -0.775. The van der Waals surface area contributed by atoms with E-state index in [2.05, 4.69) is 22.1 Å². The van der Waals surface area contributed by atoms with E-state index in [0.717, 1.165) is 47.7 Å². The lowest BCUT2D eigenvalue weighted by atomic mass is 9.83. The number of anilines is 2. The fourth-order valence-corrected chi connectivity index (χ4v) is 5.59. The number of benzene rings is 2. The minimum Gasteiger partial charge on any atom is -0.386 e. The van der Waals surface area contributed by atoms with Gasteiger partial charge in [-0.3, -0.25) is 4.90 Å². The summed E-state index contributed by atoms with van der Waals surface area (Å²) in [7, 11) is 1.82. The van der Waals surface area contributed by atoms with Crippen LogP contribution < -0.4 is 16.0 Å². The summed E-state index contributed by atoms with van der Waals surface area (Å²) in [5.74, 6) is -1.02. The molecule has 8 nitrogen and oxygen atoms in total. The summed E-state index contributed by atoms with van der Waals surface area (Å²) >= 11 is 0. The van der Waals surface area contributed by atoms with Crippen LogP contribution in [0.5, 0.6) is 0 Å². The summed E-state index contributed by atoms with van der Waals surface area (Å²) in [4.78, 5) is 19.7. The van der Waals surface area contributed by atoms with E-state index in [-0.39, 0.29) is 30.2 Å². The van der Waals surface area contributed by atoms with Crippen LogP contribution in [0, 0.1) is 11.7 Å². The molecule has 0 bridgehead atoms. The number of nitrogens with one attached hydrogen (secondary N) is 1. The van der Waals surface area contributed by atoms with Crippen LogP contribution in [0.2, 0.25) is 0 Å². The number of rotatable bonds is 7. The molecule has 3 N–H and O–H groups in total. The fraction of sp³-hybridized carbons (Fsp3) is 0.355. The van der Waals surface area contributed by atoms with Crippen LogP contribution in [0.1, 0.15) is 23.6 Å². The number of fused-ring (bicyclic) bond motifs is 2. The zero-order valence-corrected chi connectivity index (χ0v) is 23.2. The summed E-state index contributed by atoms with van der Waals surface area (Å²) in [5, 5.41) is 3.26. The van der Waals surface area contributed by atoms with Crippen LogP contribution in [0.25, 0.3) is 11.6 Å². The van der Waals surface area contributed by atoms with Gasteiger partial charge in [0, 0.05) is 44.2 Å². The summed E-state index contributed by atoms with van der Waals surface area (Å²) < 4.78 is 40.4. The number of primary amides is 1. The highest BCUT2D eigenvalue weighted by Crippen LogP contribution is 2.40. The van der Waals surface area contributed by atoms with Gasteiger partial charge in [0.15, 0.2) is 0 Å². The van der Waals surface area contributed by atoms with Gasteiger partial charge in [-0.15, -0.1) is 0 Å². The summed E-state index contributed by atoms with van der Waals surface area (Å²) in [6.45, 7) is 5.89. The topological polar surface area (TPSA) is 92.4 Å². The maximum Gasteiger partial charge on any atom is 0.339 e. The third-order valence-corrected chi connectivity index (χ3v) is 7.65. The average molecular weight is 564 g/mol. The Labute approximate surface area is 238 Å². The first kappa shape index (κ1) is 28.7. The third kappa shape index (κ3) is 6.56. The number of carbonyl (C=O) groups is 1. The zero-order chi connectivity index (χ0) is 28.9.